The number of amides is 1. The Bertz CT molecular complexity index is 967. The molecule has 0 saturated heterocycles. The molecule has 5 nitrogen and oxygen atoms in total. The molecule has 1 aliphatic rings. The van der Waals surface area contributed by atoms with E-state index in [4.69, 9.17) is 21.1 Å². The Balaban J connectivity index is 1.35. The van der Waals surface area contributed by atoms with Crippen LogP contribution in [-0.2, 0) is 17.8 Å². The first-order valence-electron chi connectivity index (χ1n) is 9.10. The quantitative estimate of drug-likeness (QED) is 0.691. The molecule has 0 unspecified atom stereocenters. The number of H-pyrrole nitrogens is 1. The van der Waals surface area contributed by atoms with Crippen LogP contribution in [0.25, 0.3) is 10.9 Å². The number of aromatic nitrogens is 1. The molecule has 0 fully saturated rings. The smallest absolute Gasteiger partial charge is 0.220 e. The molecule has 1 aliphatic heterocycles. The molecule has 2 N–H and O–H groups in total. The number of nitrogens with one attached hydrogen (secondary N) is 2. The Kier molecular flexibility index (Phi) is 5.21. The number of carbonyl (C=O) groups is 1. The highest BCUT2D eigenvalue weighted by atomic mass is 35.5. The van der Waals surface area contributed by atoms with Crippen molar-refractivity contribution in [2.45, 2.75) is 25.8 Å². The summed E-state index contributed by atoms with van der Waals surface area (Å²) in [5.41, 5.74) is 3.14. The van der Waals surface area contributed by atoms with Crippen molar-refractivity contribution < 1.29 is 14.3 Å². The number of hydrogen-bond donors (Lipinski definition) is 2. The van der Waals surface area contributed by atoms with Crippen LogP contribution in [0.5, 0.6) is 11.5 Å². The van der Waals surface area contributed by atoms with Gasteiger partial charge in [0.1, 0.15) is 0 Å². The number of ether oxygens (including phenoxy) is 2. The maximum Gasteiger partial charge on any atom is 0.220 e. The third kappa shape index (κ3) is 4.03. The van der Waals surface area contributed by atoms with E-state index in [0.29, 0.717) is 49.1 Å². The number of benzene rings is 2. The molecule has 0 aliphatic carbocycles. The Labute approximate surface area is 162 Å². The Hall–Kier alpha value is -2.66. The highest BCUT2D eigenvalue weighted by Gasteiger charge is 2.16. The van der Waals surface area contributed by atoms with Crippen molar-refractivity contribution in [3.05, 3.63) is 58.7 Å². The van der Waals surface area contributed by atoms with Crippen molar-refractivity contribution in [3.63, 3.8) is 0 Å². The van der Waals surface area contributed by atoms with Crippen LogP contribution < -0.4 is 14.8 Å². The van der Waals surface area contributed by atoms with Gasteiger partial charge in [-0.2, -0.15) is 0 Å². The van der Waals surface area contributed by atoms with Gasteiger partial charge >= 0.3 is 0 Å². The minimum Gasteiger partial charge on any atom is -0.489 e. The summed E-state index contributed by atoms with van der Waals surface area (Å²) in [6.45, 7) is 1.60. The SMILES string of the molecule is O=C(CCc1c[nH]c2ccccc12)NCc1cc(Cl)c2c(c1)OCCCO2. The third-order valence-corrected chi connectivity index (χ3v) is 4.93. The molecule has 2 aromatic carbocycles. The first-order valence-corrected chi connectivity index (χ1v) is 9.48. The van der Waals surface area contributed by atoms with Crippen molar-refractivity contribution in [2.75, 3.05) is 13.2 Å². The topological polar surface area (TPSA) is 63.4 Å². The molecular formula is C21H21ClN2O3. The van der Waals surface area contributed by atoms with E-state index in [1.165, 1.54) is 5.39 Å². The maximum atomic E-state index is 12.3. The predicted molar refractivity (Wildman–Crippen MR) is 106 cm³/mol. The monoisotopic (exact) mass is 384 g/mol. The predicted octanol–water partition coefficient (Wildman–Crippen LogP) is 4.23. The molecule has 1 amide bonds. The van der Waals surface area contributed by atoms with Crippen molar-refractivity contribution in [1.29, 1.82) is 0 Å². The zero-order valence-corrected chi connectivity index (χ0v) is 15.6. The van der Waals surface area contributed by atoms with Gasteiger partial charge in [0, 0.05) is 36.5 Å². The third-order valence-electron chi connectivity index (χ3n) is 4.65. The zero-order valence-electron chi connectivity index (χ0n) is 14.9. The second-order valence-corrected chi connectivity index (χ2v) is 7.00. The zero-order chi connectivity index (χ0) is 18.6. The molecular weight excluding hydrogens is 364 g/mol. The number of carbonyl (C=O) groups excluding carboxylic acids is 1. The summed E-state index contributed by atoms with van der Waals surface area (Å²) in [5.74, 6) is 1.23. The van der Waals surface area contributed by atoms with Crippen molar-refractivity contribution in [1.82, 2.24) is 10.3 Å². The van der Waals surface area contributed by atoms with Gasteiger partial charge in [-0.3, -0.25) is 4.79 Å². The van der Waals surface area contributed by atoms with Crippen LogP contribution in [0.4, 0.5) is 0 Å². The lowest BCUT2D eigenvalue weighted by molar-refractivity contribution is -0.121. The average molecular weight is 385 g/mol. The number of fused-ring (bicyclic) bond motifs is 2. The summed E-state index contributed by atoms with van der Waals surface area (Å²) in [4.78, 5) is 15.5. The van der Waals surface area contributed by atoms with Crippen molar-refractivity contribution in [3.8, 4) is 11.5 Å². The summed E-state index contributed by atoms with van der Waals surface area (Å²) in [7, 11) is 0. The lowest BCUT2D eigenvalue weighted by Gasteiger charge is -2.12. The number of hydrogen-bond acceptors (Lipinski definition) is 3. The molecule has 3 aromatic rings. The maximum absolute atomic E-state index is 12.3. The molecule has 6 heteroatoms. The molecule has 1 aromatic heterocycles. The van der Waals surface area contributed by atoms with Crippen LogP contribution in [0, 0.1) is 0 Å². The molecule has 0 spiro atoms. The molecule has 140 valence electrons. The van der Waals surface area contributed by atoms with Crippen LogP contribution >= 0.6 is 11.6 Å². The van der Waals surface area contributed by atoms with E-state index in [1.807, 2.05) is 36.5 Å². The van der Waals surface area contributed by atoms with E-state index in [2.05, 4.69) is 16.4 Å². The Morgan fingerprint density at radius 1 is 1.19 bits per heavy atom. The van der Waals surface area contributed by atoms with Gasteiger partial charge in [0.15, 0.2) is 11.5 Å². The number of halogens is 1. The summed E-state index contributed by atoms with van der Waals surface area (Å²) in [6, 6.07) is 11.8. The van der Waals surface area contributed by atoms with Gasteiger partial charge in [-0.25, -0.2) is 0 Å². The van der Waals surface area contributed by atoms with Crippen molar-refractivity contribution in [2.24, 2.45) is 0 Å². The largest absolute Gasteiger partial charge is 0.489 e. The molecule has 0 atom stereocenters. The molecule has 0 saturated carbocycles. The van der Waals surface area contributed by atoms with Crippen molar-refractivity contribution >= 4 is 28.4 Å². The van der Waals surface area contributed by atoms with Crippen LogP contribution in [-0.4, -0.2) is 24.1 Å². The van der Waals surface area contributed by atoms with Gasteiger partial charge in [-0.15, -0.1) is 0 Å². The van der Waals surface area contributed by atoms with Crippen LogP contribution in [0.3, 0.4) is 0 Å². The molecule has 2 heterocycles. The highest BCUT2D eigenvalue weighted by Crippen LogP contribution is 2.37. The van der Waals surface area contributed by atoms with E-state index in [-0.39, 0.29) is 5.91 Å². The van der Waals surface area contributed by atoms with E-state index in [9.17, 15) is 4.79 Å². The summed E-state index contributed by atoms with van der Waals surface area (Å²) in [5, 5.41) is 4.63. The first-order chi connectivity index (χ1) is 13.2. The van der Waals surface area contributed by atoms with E-state index in [0.717, 1.165) is 23.1 Å². The summed E-state index contributed by atoms with van der Waals surface area (Å²) < 4.78 is 11.3. The van der Waals surface area contributed by atoms with E-state index >= 15 is 0 Å². The minimum absolute atomic E-state index is 0.00325. The first kappa shape index (κ1) is 17.7. The van der Waals surface area contributed by atoms with Gasteiger partial charge in [0.2, 0.25) is 5.91 Å². The molecule has 27 heavy (non-hydrogen) atoms. The lowest BCUT2D eigenvalue weighted by Crippen LogP contribution is -2.23. The second-order valence-electron chi connectivity index (χ2n) is 6.59. The van der Waals surface area contributed by atoms with Gasteiger partial charge in [0.25, 0.3) is 0 Å². The number of para-hydroxylation sites is 1. The summed E-state index contributed by atoms with van der Waals surface area (Å²) >= 11 is 6.30. The lowest BCUT2D eigenvalue weighted by atomic mass is 10.1. The highest BCUT2D eigenvalue weighted by molar-refractivity contribution is 6.32. The Morgan fingerprint density at radius 2 is 2.04 bits per heavy atom. The normalized spacial score (nSPS) is 13.4. The summed E-state index contributed by atoms with van der Waals surface area (Å²) in [6.07, 6.45) is 3.92. The van der Waals surface area contributed by atoms with Gasteiger partial charge in [0.05, 0.1) is 18.2 Å². The molecule has 0 bridgehead atoms. The fourth-order valence-electron chi connectivity index (χ4n) is 3.26. The fourth-order valence-corrected chi connectivity index (χ4v) is 3.55. The molecule has 4 rings (SSSR count). The standard InChI is InChI=1S/C21H21ClN2O3/c22-17-10-14(11-19-21(17)27-9-3-8-26-19)12-24-20(25)7-6-15-13-23-18-5-2-1-4-16(15)18/h1-2,4-5,10-11,13,23H,3,6-9,12H2,(H,24,25). The minimum atomic E-state index is 0.00325. The fraction of sp³-hybridized carbons (Fsp3) is 0.286. The van der Waals surface area contributed by atoms with Gasteiger partial charge in [-0.1, -0.05) is 29.8 Å². The molecule has 0 radical (unpaired) electrons. The number of aryl methyl sites for hydroxylation is 1. The van der Waals surface area contributed by atoms with Crippen LogP contribution in [0.2, 0.25) is 5.02 Å². The number of rotatable bonds is 5. The average Bonchev–Trinajstić information content (AvgIpc) is 2.93. The second kappa shape index (κ2) is 7.92. The van der Waals surface area contributed by atoms with E-state index in [1.54, 1.807) is 0 Å². The van der Waals surface area contributed by atoms with Crippen LogP contribution in [0.1, 0.15) is 24.0 Å². The Morgan fingerprint density at radius 3 is 2.96 bits per heavy atom. The van der Waals surface area contributed by atoms with E-state index < -0.39 is 0 Å². The van der Waals surface area contributed by atoms with Crippen LogP contribution in [0.15, 0.2) is 42.6 Å². The van der Waals surface area contributed by atoms with Gasteiger partial charge < -0.3 is 19.8 Å². The number of aromatic amines is 1. The van der Waals surface area contributed by atoms with Gasteiger partial charge in [-0.05, 0) is 35.7 Å².